The maximum atomic E-state index is 8.88. The van der Waals surface area contributed by atoms with Crippen molar-refractivity contribution in [3.8, 4) is 6.07 Å². The van der Waals surface area contributed by atoms with E-state index in [2.05, 4.69) is 11.0 Å². The molecule has 1 aromatic rings. The molecule has 1 aromatic carbocycles. The van der Waals surface area contributed by atoms with Gasteiger partial charge in [0.1, 0.15) is 0 Å². The van der Waals surface area contributed by atoms with Gasteiger partial charge in [-0.1, -0.05) is 12.1 Å². The molecular formula is C15H19N3O. The maximum absolute atomic E-state index is 8.88. The molecule has 1 aliphatic carbocycles. The molecule has 1 saturated carbocycles. The van der Waals surface area contributed by atoms with Crippen molar-refractivity contribution >= 4 is 0 Å². The summed E-state index contributed by atoms with van der Waals surface area (Å²) in [5, 5.41) is 8.88. The molecule has 4 heteroatoms. The Morgan fingerprint density at radius 3 is 2.63 bits per heavy atom. The summed E-state index contributed by atoms with van der Waals surface area (Å²) in [7, 11) is 0. The van der Waals surface area contributed by atoms with E-state index >= 15 is 0 Å². The van der Waals surface area contributed by atoms with Crippen LogP contribution in [0.2, 0.25) is 0 Å². The number of rotatable bonds is 3. The number of nitriles is 1. The molecule has 1 saturated heterocycles. The van der Waals surface area contributed by atoms with Crippen molar-refractivity contribution in [2.45, 2.75) is 31.0 Å². The van der Waals surface area contributed by atoms with Gasteiger partial charge < -0.3 is 10.5 Å². The molecule has 0 bridgehead atoms. The third-order valence-corrected chi connectivity index (χ3v) is 4.02. The fourth-order valence-electron chi connectivity index (χ4n) is 2.93. The highest BCUT2D eigenvalue weighted by Gasteiger charge is 2.40. The van der Waals surface area contributed by atoms with Crippen LogP contribution in [0.5, 0.6) is 0 Å². The first-order valence-electron chi connectivity index (χ1n) is 6.91. The van der Waals surface area contributed by atoms with Crippen LogP contribution in [0.1, 0.15) is 30.0 Å². The molecule has 1 aliphatic heterocycles. The Labute approximate surface area is 113 Å². The quantitative estimate of drug-likeness (QED) is 0.889. The van der Waals surface area contributed by atoms with Crippen LogP contribution in [0.3, 0.4) is 0 Å². The van der Waals surface area contributed by atoms with Crippen LogP contribution >= 0.6 is 0 Å². The molecule has 2 unspecified atom stereocenters. The number of nitrogens with two attached hydrogens (primary N) is 1. The van der Waals surface area contributed by atoms with Gasteiger partial charge in [-0.2, -0.15) is 5.26 Å². The molecule has 3 rings (SSSR count). The molecule has 2 aliphatic rings. The van der Waals surface area contributed by atoms with Gasteiger partial charge in [0, 0.05) is 19.1 Å². The third kappa shape index (κ3) is 2.50. The fourth-order valence-corrected chi connectivity index (χ4v) is 2.93. The molecule has 100 valence electrons. The largest absolute Gasteiger partial charge is 0.374 e. The minimum atomic E-state index is 0.0577. The van der Waals surface area contributed by atoms with Crippen molar-refractivity contribution in [3.63, 3.8) is 0 Å². The average Bonchev–Trinajstić information content (AvgIpc) is 3.31. The van der Waals surface area contributed by atoms with Crippen molar-refractivity contribution in [3.05, 3.63) is 35.4 Å². The zero-order chi connectivity index (χ0) is 13.2. The fraction of sp³-hybridized carbons (Fsp3) is 0.533. The molecule has 2 fully saturated rings. The van der Waals surface area contributed by atoms with Crippen LogP contribution in [-0.2, 0) is 4.74 Å². The van der Waals surface area contributed by atoms with Gasteiger partial charge in [0.25, 0.3) is 0 Å². The summed E-state index contributed by atoms with van der Waals surface area (Å²) in [6.07, 6.45) is 2.62. The molecular weight excluding hydrogens is 238 g/mol. The van der Waals surface area contributed by atoms with E-state index in [-0.39, 0.29) is 12.1 Å². The molecule has 2 atom stereocenters. The van der Waals surface area contributed by atoms with E-state index in [9.17, 15) is 0 Å². The summed E-state index contributed by atoms with van der Waals surface area (Å²) in [6.45, 7) is 2.28. The number of hydrogen-bond donors (Lipinski definition) is 1. The lowest BCUT2D eigenvalue weighted by molar-refractivity contribution is -0.0712. The van der Waals surface area contributed by atoms with E-state index in [1.54, 1.807) is 0 Å². The monoisotopic (exact) mass is 257 g/mol. The zero-order valence-electron chi connectivity index (χ0n) is 11.0. The van der Waals surface area contributed by atoms with Crippen molar-refractivity contribution in [1.29, 1.82) is 5.26 Å². The maximum Gasteiger partial charge on any atom is 0.0991 e. The smallest absolute Gasteiger partial charge is 0.0991 e. The normalized spacial score (nSPS) is 28.0. The molecule has 2 N–H and O–H groups in total. The highest BCUT2D eigenvalue weighted by atomic mass is 16.5. The molecule has 0 radical (unpaired) electrons. The lowest BCUT2D eigenvalue weighted by atomic mass is 9.97. The van der Waals surface area contributed by atoms with Gasteiger partial charge in [-0.25, -0.2) is 0 Å². The molecule has 1 heterocycles. The van der Waals surface area contributed by atoms with Crippen LogP contribution in [0.15, 0.2) is 24.3 Å². The Morgan fingerprint density at radius 2 is 2.05 bits per heavy atom. The molecule has 4 nitrogen and oxygen atoms in total. The summed E-state index contributed by atoms with van der Waals surface area (Å²) in [5.74, 6) is 0. The van der Waals surface area contributed by atoms with Gasteiger partial charge in [-0.05, 0) is 30.5 Å². The average molecular weight is 257 g/mol. The Bertz CT molecular complexity index is 475. The van der Waals surface area contributed by atoms with E-state index in [0.29, 0.717) is 18.2 Å². The predicted octanol–water partition coefficient (Wildman–Crippen LogP) is 1.42. The van der Waals surface area contributed by atoms with Gasteiger partial charge in [0.05, 0.1) is 30.4 Å². The predicted molar refractivity (Wildman–Crippen MR) is 72.4 cm³/mol. The highest BCUT2D eigenvalue weighted by Crippen LogP contribution is 2.38. The van der Waals surface area contributed by atoms with Crippen molar-refractivity contribution in [2.24, 2.45) is 5.73 Å². The SMILES string of the molecule is N#Cc1ccc(C2C(CN)OCCN2C2CC2)cc1. The number of nitrogens with zero attached hydrogens (tertiary/aromatic N) is 2. The minimum Gasteiger partial charge on any atom is -0.374 e. The Kier molecular flexibility index (Phi) is 3.52. The van der Waals surface area contributed by atoms with Gasteiger partial charge >= 0.3 is 0 Å². The summed E-state index contributed by atoms with van der Waals surface area (Å²) in [5.41, 5.74) is 7.77. The Morgan fingerprint density at radius 1 is 1.32 bits per heavy atom. The minimum absolute atomic E-state index is 0.0577. The topological polar surface area (TPSA) is 62.3 Å². The van der Waals surface area contributed by atoms with Crippen LogP contribution in [0.25, 0.3) is 0 Å². The van der Waals surface area contributed by atoms with Gasteiger partial charge in [-0.3, -0.25) is 4.90 Å². The number of hydrogen-bond acceptors (Lipinski definition) is 4. The van der Waals surface area contributed by atoms with Gasteiger partial charge in [0.2, 0.25) is 0 Å². The van der Waals surface area contributed by atoms with Gasteiger partial charge in [-0.15, -0.1) is 0 Å². The number of morpholine rings is 1. The second kappa shape index (κ2) is 5.30. The highest BCUT2D eigenvalue weighted by molar-refractivity contribution is 5.33. The van der Waals surface area contributed by atoms with Crippen molar-refractivity contribution in [2.75, 3.05) is 19.7 Å². The van der Waals surface area contributed by atoms with Crippen molar-refractivity contribution < 1.29 is 4.74 Å². The van der Waals surface area contributed by atoms with Crippen molar-refractivity contribution in [1.82, 2.24) is 4.90 Å². The molecule has 19 heavy (non-hydrogen) atoms. The van der Waals surface area contributed by atoms with E-state index < -0.39 is 0 Å². The lowest BCUT2D eigenvalue weighted by Crippen LogP contribution is -2.49. The first kappa shape index (κ1) is 12.6. The summed E-state index contributed by atoms with van der Waals surface area (Å²) < 4.78 is 5.83. The van der Waals surface area contributed by atoms with E-state index in [4.69, 9.17) is 15.7 Å². The second-order valence-electron chi connectivity index (χ2n) is 5.29. The third-order valence-electron chi connectivity index (χ3n) is 4.02. The molecule has 0 amide bonds. The van der Waals surface area contributed by atoms with Gasteiger partial charge in [0.15, 0.2) is 0 Å². The lowest BCUT2D eigenvalue weighted by Gasteiger charge is -2.41. The van der Waals surface area contributed by atoms with Crippen LogP contribution in [-0.4, -0.2) is 36.7 Å². The first-order valence-corrected chi connectivity index (χ1v) is 6.91. The zero-order valence-corrected chi connectivity index (χ0v) is 11.0. The van der Waals surface area contributed by atoms with Crippen LogP contribution in [0, 0.1) is 11.3 Å². The molecule has 0 aromatic heterocycles. The first-order chi connectivity index (χ1) is 9.33. The van der Waals surface area contributed by atoms with Crippen LogP contribution in [0.4, 0.5) is 0 Å². The summed E-state index contributed by atoms with van der Waals surface area (Å²) >= 11 is 0. The summed E-state index contributed by atoms with van der Waals surface area (Å²) in [6, 6.07) is 10.9. The second-order valence-corrected chi connectivity index (χ2v) is 5.29. The van der Waals surface area contributed by atoms with E-state index in [1.807, 2.05) is 24.3 Å². The standard InChI is InChI=1S/C15H19N3O/c16-9-11-1-3-12(4-2-11)15-14(10-17)19-8-7-18(15)13-5-6-13/h1-4,13-15H,5-8,10,17H2. The number of ether oxygens (including phenoxy) is 1. The molecule has 0 spiro atoms. The Balaban J connectivity index is 1.89. The Hall–Kier alpha value is -1.41. The number of benzene rings is 1. The van der Waals surface area contributed by atoms with E-state index in [0.717, 1.165) is 13.2 Å². The van der Waals surface area contributed by atoms with E-state index in [1.165, 1.54) is 18.4 Å². The van der Waals surface area contributed by atoms with Crippen LogP contribution < -0.4 is 5.73 Å². The summed E-state index contributed by atoms with van der Waals surface area (Å²) in [4.78, 5) is 2.53.